The molecule has 0 N–H and O–H groups in total. The van der Waals surface area contributed by atoms with E-state index in [9.17, 15) is 9.59 Å². The summed E-state index contributed by atoms with van der Waals surface area (Å²) in [6, 6.07) is 25.9. The SMILES string of the molecule is Cc1ccc(-c2c3c(=O)n(C)c(=O)n(C)c3c3n2-c2ccccc2O[C@@H]3/C=C/c2ccccc2)cc1. The van der Waals surface area contributed by atoms with E-state index in [4.69, 9.17) is 4.74 Å². The molecule has 0 aliphatic carbocycles. The van der Waals surface area contributed by atoms with Gasteiger partial charge in [0.25, 0.3) is 5.56 Å². The number of aryl methyl sites for hydroxylation is 2. The van der Waals surface area contributed by atoms with Crippen LogP contribution in [0.4, 0.5) is 0 Å². The number of ether oxygens (including phenoxy) is 1. The van der Waals surface area contributed by atoms with Gasteiger partial charge in [0.1, 0.15) is 5.75 Å². The Kier molecular flexibility index (Phi) is 5.04. The Balaban J connectivity index is 1.76. The van der Waals surface area contributed by atoms with Crippen molar-refractivity contribution in [3.63, 3.8) is 0 Å². The van der Waals surface area contributed by atoms with Gasteiger partial charge in [-0.3, -0.25) is 13.9 Å². The Morgan fingerprint density at radius 1 is 0.833 bits per heavy atom. The number of para-hydroxylation sites is 2. The first kappa shape index (κ1) is 21.9. The van der Waals surface area contributed by atoms with Gasteiger partial charge in [0.2, 0.25) is 0 Å². The van der Waals surface area contributed by atoms with Gasteiger partial charge in [-0.25, -0.2) is 4.79 Å². The third-order valence-electron chi connectivity index (χ3n) is 6.83. The van der Waals surface area contributed by atoms with Gasteiger partial charge < -0.3 is 9.30 Å². The van der Waals surface area contributed by atoms with Crippen molar-refractivity contribution in [1.29, 1.82) is 0 Å². The second kappa shape index (κ2) is 8.27. The summed E-state index contributed by atoms with van der Waals surface area (Å²) >= 11 is 0. The lowest BCUT2D eigenvalue weighted by atomic mass is 10.1. The molecule has 3 aromatic carbocycles. The monoisotopic (exact) mass is 475 g/mol. The Bertz CT molecular complexity index is 1770. The molecule has 0 radical (unpaired) electrons. The molecule has 6 heteroatoms. The van der Waals surface area contributed by atoms with Gasteiger partial charge in [-0.15, -0.1) is 0 Å². The Hall–Kier alpha value is -4.58. The molecule has 5 aromatic rings. The highest BCUT2D eigenvalue weighted by Crippen LogP contribution is 2.45. The van der Waals surface area contributed by atoms with Crippen LogP contribution < -0.4 is 16.0 Å². The summed E-state index contributed by atoms with van der Waals surface area (Å²) in [5.41, 5.74) is 5.28. The normalized spacial score (nSPS) is 14.6. The molecule has 2 aromatic heterocycles. The first-order chi connectivity index (χ1) is 17.5. The van der Waals surface area contributed by atoms with Crippen molar-refractivity contribution in [3.05, 3.63) is 123 Å². The smallest absolute Gasteiger partial charge is 0.331 e. The van der Waals surface area contributed by atoms with Crippen molar-refractivity contribution in [2.24, 2.45) is 14.1 Å². The predicted molar refractivity (Wildman–Crippen MR) is 143 cm³/mol. The molecular weight excluding hydrogens is 450 g/mol. The number of nitrogens with zero attached hydrogens (tertiary/aromatic N) is 3. The summed E-state index contributed by atoms with van der Waals surface area (Å²) in [4.78, 5) is 26.7. The van der Waals surface area contributed by atoms with E-state index in [2.05, 4.69) is 4.57 Å². The Morgan fingerprint density at radius 2 is 1.53 bits per heavy atom. The van der Waals surface area contributed by atoms with Crippen molar-refractivity contribution in [3.8, 4) is 22.7 Å². The van der Waals surface area contributed by atoms with E-state index in [-0.39, 0.29) is 11.2 Å². The molecule has 1 aliphatic heterocycles. The van der Waals surface area contributed by atoms with Gasteiger partial charge in [0.15, 0.2) is 6.10 Å². The zero-order chi connectivity index (χ0) is 25.0. The van der Waals surface area contributed by atoms with Crippen LogP contribution in [0, 0.1) is 6.92 Å². The lowest BCUT2D eigenvalue weighted by molar-refractivity contribution is 0.238. The van der Waals surface area contributed by atoms with Crippen molar-refractivity contribution in [2.45, 2.75) is 13.0 Å². The molecule has 0 spiro atoms. The summed E-state index contributed by atoms with van der Waals surface area (Å²) in [7, 11) is 3.24. The molecule has 36 heavy (non-hydrogen) atoms. The van der Waals surface area contributed by atoms with E-state index >= 15 is 0 Å². The minimum absolute atomic E-state index is 0.325. The van der Waals surface area contributed by atoms with Gasteiger partial charge >= 0.3 is 5.69 Å². The molecule has 0 amide bonds. The van der Waals surface area contributed by atoms with E-state index in [1.165, 1.54) is 11.6 Å². The number of hydrogen-bond acceptors (Lipinski definition) is 3. The van der Waals surface area contributed by atoms with Crippen molar-refractivity contribution >= 4 is 17.0 Å². The van der Waals surface area contributed by atoms with Crippen LogP contribution >= 0.6 is 0 Å². The summed E-state index contributed by atoms with van der Waals surface area (Å²) in [5.74, 6) is 0.711. The lowest BCUT2D eigenvalue weighted by Crippen LogP contribution is -2.37. The molecular formula is C30H25N3O3. The third-order valence-corrected chi connectivity index (χ3v) is 6.83. The molecule has 0 saturated carbocycles. The minimum atomic E-state index is -0.514. The maximum Gasteiger partial charge on any atom is 0.331 e. The van der Waals surface area contributed by atoms with Crippen LogP contribution in [0.15, 0.2) is 94.5 Å². The molecule has 0 unspecified atom stereocenters. The number of rotatable bonds is 3. The van der Waals surface area contributed by atoms with Gasteiger partial charge in [-0.2, -0.15) is 0 Å². The first-order valence-corrected chi connectivity index (χ1v) is 11.9. The topological polar surface area (TPSA) is 58.2 Å². The van der Waals surface area contributed by atoms with Gasteiger partial charge in [-0.05, 0) is 36.3 Å². The standard InChI is InChI=1S/C30H25N3O3/c1-19-13-16-21(17-14-19)26-25-28(31(2)30(35)32(3)29(25)34)27-24(18-15-20-9-5-4-6-10-20)36-23-12-8-7-11-22(23)33(26)27/h4-18,24H,1-3H3/b18-15+/t24-/m1/s1. The van der Waals surface area contributed by atoms with E-state index in [1.807, 2.05) is 97.9 Å². The van der Waals surface area contributed by atoms with Crippen LogP contribution in [0.3, 0.4) is 0 Å². The molecule has 0 saturated heterocycles. The fourth-order valence-electron chi connectivity index (χ4n) is 5.02. The van der Waals surface area contributed by atoms with E-state index in [0.717, 1.165) is 33.8 Å². The highest BCUT2D eigenvalue weighted by molar-refractivity contribution is 5.98. The quantitative estimate of drug-likeness (QED) is 0.363. The number of hydrogen-bond donors (Lipinski definition) is 0. The van der Waals surface area contributed by atoms with Crippen LogP contribution in [0.25, 0.3) is 33.9 Å². The molecule has 6 nitrogen and oxygen atoms in total. The summed E-state index contributed by atoms with van der Waals surface area (Å²) < 4.78 is 11.3. The fraction of sp³-hybridized carbons (Fsp3) is 0.133. The molecule has 0 fully saturated rings. The van der Waals surface area contributed by atoms with E-state index < -0.39 is 6.10 Å². The maximum atomic E-state index is 13.7. The molecule has 178 valence electrons. The second-order valence-electron chi connectivity index (χ2n) is 9.14. The largest absolute Gasteiger partial charge is 0.478 e. The third kappa shape index (κ3) is 3.26. The molecule has 1 aliphatic rings. The van der Waals surface area contributed by atoms with Gasteiger partial charge in [-0.1, -0.05) is 78.4 Å². The zero-order valence-corrected chi connectivity index (χ0v) is 20.3. The Labute approximate surface area is 207 Å². The van der Waals surface area contributed by atoms with Crippen LogP contribution in [-0.4, -0.2) is 13.7 Å². The summed E-state index contributed by atoms with van der Waals surface area (Å²) in [5, 5.41) is 0.497. The summed E-state index contributed by atoms with van der Waals surface area (Å²) in [6.45, 7) is 2.03. The first-order valence-electron chi connectivity index (χ1n) is 11.9. The number of benzene rings is 3. The Morgan fingerprint density at radius 3 is 2.28 bits per heavy atom. The van der Waals surface area contributed by atoms with Crippen LogP contribution in [0.5, 0.6) is 5.75 Å². The number of aromatic nitrogens is 3. The summed E-state index contributed by atoms with van der Waals surface area (Å²) in [6.07, 6.45) is 3.48. The van der Waals surface area contributed by atoms with Crippen LogP contribution in [0.2, 0.25) is 0 Å². The van der Waals surface area contributed by atoms with Crippen molar-refractivity contribution in [2.75, 3.05) is 0 Å². The highest BCUT2D eigenvalue weighted by Gasteiger charge is 2.34. The van der Waals surface area contributed by atoms with Crippen molar-refractivity contribution < 1.29 is 4.74 Å². The number of fused-ring (bicyclic) bond motifs is 5. The molecule has 0 bridgehead atoms. The average molecular weight is 476 g/mol. The molecule has 3 heterocycles. The predicted octanol–water partition coefficient (Wildman–Crippen LogP) is 5.15. The van der Waals surface area contributed by atoms with E-state index in [1.54, 1.807) is 11.6 Å². The van der Waals surface area contributed by atoms with E-state index in [0.29, 0.717) is 16.7 Å². The lowest BCUT2D eigenvalue weighted by Gasteiger charge is -2.28. The van der Waals surface area contributed by atoms with Gasteiger partial charge in [0.05, 0.1) is 28.0 Å². The van der Waals surface area contributed by atoms with Crippen molar-refractivity contribution in [1.82, 2.24) is 13.7 Å². The fourth-order valence-corrected chi connectivity index (χ4v) is 5.02. The zero-order valence-electron chi connectivity index (χ0n) is 20.3. The minimum Gasteiger partial charge on any atom is -0.478 e. The second-order valence-corrected chi connectivity index (χ2v) is 9.14. The molecule has 6 rings (SSSR count). The van der Waals surface area contributed by atoms with Crippen LogP contribution in [-0.2, 0) is 14.1 Å². The van der Waals surface area contributed by atoms with Gasteiger partial charge in [0, 0.05) is 14.1 Å². The van der Waals surface area contributed by atoms with Crippen LogP contribution in [0.1, 0.15) is 22.9 Å². The maximum absolute atomic E-state index is 13.7. The highest BCUT2D eigenvalue weighted by atomic mass is 16.5. The molecule has 1 atom stereocenters. The average Bonchev–Trinajstić information content (AvgIpc) is 3.27.